The number of hydrogen-bond donors (Lipinski definition) is 4. The summed E-state index contributed by atoms with van der Waals surface area (Å²) in [5.41, 5.74) is 8.54. The number of nitrogens with zero attached hydrogens (tertiary/aromatic N) is 3. The number of rotatable bonds is 7. The Kier molecular flexibility index (Phi) is 7.60. The Morgan fingerprint density at radius 1 is 0.974 bits per heavy atom. The van der Waals surface area contributed by atoms with Crippen molar-refractivity contribution in [3.05, 3.63) is 89.2 Å². The van der Waals surface area contributed by atoms with E-state index in [0.29, 0.717) is 28.5 Å². The van der Waals surface area contributed by atoms with E-state index in [2.05, 4.69) is 31.6 Å². The van der Waals surface area contributed by atoms with Gasteiger partial charge in [-0.1, -0.05) is 35.9 Å². The van der Waals surface area contributed by atoms with Gasteiger partial charge in [0.2, 0.25) is 0 Å². The van der Waals surface area contributed by atoms with Crippen molar-refractivity contribution in [1.82, 2.24) is 30.9 Å². The lowest BCUT2D eigenvalue weighted by atomic mass is 10.1. The number of amides is 2. The van der Waals surface area contributed by atoms with Crippen molar-refractivity contribution in [2.24, 2.45) is 0 Å². The molecule has 2 atom stereocenters. The normalized spacial score (nSPS) is 18.5. The van der Waals surface area contributed by atoms with E-state index < -0.39 is 5.91 Å². The molecule has 2 aromatic carbocycles. The number of para-hydroxylation sites is 1. The first-order chi connectivity index (χ1) is 18.9. The van der Waals surface area contributed by atoms with E-state index >= 15 is 0 Å². The summed E-state index contributed by atoms with van der Waals surface area (Å²) in [7, 11) is 1.53. The molecule has 0 aliphatic carbocycles. The molecule has 3 heterocycles. The summed E-state index contributed by atoms with van der Waals surface area (Å²) in [4.78, 5) is 31.1. The van der Waals surface area contributed by atoms with E-state index in [1.54, 1.807) is 30.5 Å². The summed E-state index contributed by atoms with van der Waals surface area (Å²) in [6.45, 7) is 3.96. The molecule has 1 fully saturated rings. The van der Waals surface area contributed by atoms with Crippen LogP contribution in [-0.4, -0.2) is 51.8 Å². The minimum Gasteiger partial charge on any atom is -0.496 e. The molecular weight excluding hydrogens is 518 g/mol. The Morgan fingerprint density at radius 3 is 2.36 bits per heavy atom. The van der Waals surface area contributed by atoms with Crippen LogP contribution in [0.5, 0.6) is 5.75 Å². The quantitative estimate of drug-likeness (QED) is 0.278. The van der Waals surface area contributed by atoms with Gasteiger partial charge in [-0.05, 0) is 44.2 Å². The van der Waals surface area contributed by atoms with Crippen molar-refractivity contribution in [2.45, 2.75) is 32.0 Å². The Bertz CT molecular complexity index is 1480. The van der Waals surface area contributed by atoms with Gasteiger partial charge in [0.1, 0.15) is 11.6 Å². The predicted octanol–water partition coefficient (Wildman–Crippen LogP) is 3.83. The average Bonchev–Trinajstić information content (AvgIpc) is 3.52. The topological polar surface area (TPSA) is 122 Å². The fourth-order valence-corrected chi connectivity index (χ4v) is 4.74. The first-order valence-corrected chi connectivity index (χ1v) is 12.8. The van der Waals surface area contributed by atoms with Crippen LogP contribution < -0.4 is 26.2 Å². The predicted molar refractivity (Wildman–Crippen MR) is 149 cm³/mol. The number of anilines is 1. The highest BCUT2D eigenvalue weighted by molar-refractivity contribution is 6.34. The monoisotopic (exact) mass is 545 g/mol. The fourth-order valence-electron chi connectivity index (χ4n) is 4.50. The molecule has 0 saturated carbocycles. The number of carbonyl (C=O) groups excluding carboxylic acids is 2. The molecule has 2 aromatic heterocycles. The van der Waals surface area contributed by atoms with Gasteiger partial charge in [0, 0.05) is 36.0 Å². The van der Waals surface area contributed by atoms with E-state index in [9.17, 15) is 9.59 Å². The standard InChI is InChI=1S/C28H28ClN7O3/c1-16-26(17(2)34-33-16)32-28(38)23-15-25(36(35-23)18-9-5-4-6-10-18)31-27(37)19-13-20(22-11-7-8-12-30-22)24(39-3)14-21(19)29/h4-17,26,33-34H,1-3H3,(H,31,37)(H,32,38). The highest BCUT2D eigenvalue weighted by atomic mass is 35.5. The molecule has 1 aliphatic rings. The number of hydrazine groups is 1. The van der Waals surface area contributed by atoms with Crippen molar-refractivity contribution in [3.63, 3.8) is 0 Å². The number of methoxy groups -OCH3 is 1. The number of benzene rings is 2. The van der Waals surface area contributed by atoms with Crippen LogP contribution in [0.25, 0.3) is 16.9 Å². The summed E-state index contributed by atoms with van der Waals surface area (Å²) in [5.74, 6) is -0.0288. The van der Waals surface area contributed by atoms with Crippen molar-refractivity contribution < 1.29 is 14.3 Å². The zero-order valence-corrected chi connectivity index (χ0v) is 22.4. The molecule has 1 saturated heterocycles. The molecule has 2 unspecified atom stereocenters. The van der Waals surface area contributed by atoms with Gasteiger partial charge in [-0.15, -0.1) is 0 Å². The fraction of sp³-hybridized carbons (Fsp3) is 0.214. The molecule has 39 heavy (non-hydrogen) atoms. The van der Waals surface area contributed by atoms with Gasteiger partial charge in [-0.2, -0.15) is 5.10 Å². The summed E-state index contributed by atoms with van der Waals surface area (Å²) in [5, 5.41) is 10.6. The third kappa shape index (κ3) is 5.49. The summed E-state index contributed by atoms with van der Waals surface area (Å²) in [6, 6.07) is 19.4. The Labute approximate surface area is 230 Å². The largest absolute Gasteiger partial charge is 0.496 e. The molecule has 4 N–H and O–H groups in total. The van der Waals surface area contributed by atoms with Crippen LogP contribution in [0.3, 0.4) is 0 Å². The van der Waals surface area contributed by atoms with Crippen molar-refractivity contribution in [3.8, 4) is 22.7 Å². The zero-order valence-electron chi connectivity index (χ0n) is 21.6. The first kappa shape index (κ1) is 26.4. The second-order valence-electron chi connectivity index (χ2n) is 9.23. The summed E-state index contributed by atoms with van der Waals surface area (Å²) in [6.07, 6.45) is 1.66. The number of pyridine rings is 1. The van der Waals surface area contributed by atoms with Crippen molar-refractivity contribution >= 4 is 29.2 Å². The average molecular weight is 546 g/mol. The number of ether oxygens (including phenoxy) is 1. The Hall–Kier alpha value is -4.25. The second-order valence-corrected chi connectivity index (χ2v) is 9.64. The first-order valence-electron chi connectivity index (χ1n) is 12.4. The maximum atomic E-state index is 13.5. The number of halogens is 1. The van der Waals surface area contributed by atoms with E-state index in [-0.39, 0.29) is 40.3 Å². The molecule has 1 aliphatic heterocycles. The summed E-state index contributed by atoms with van der Waals surface area (Å²) < 4.78 is 7.00. The minimum atomic E-state index is -0.477. The lowest BCUT2D eigenvalue weighted by Gasteiger charge is -2.18. The molecule has 0 radical (unpaired) electrons. The van der Waals surface area contributed by atoms with Crippen LogP contribution in [0.15, 0.2) is 72.9 Å². The SMILES string of the molecule is COc1cc(Cl)c(C(=O)Nc2cc(C(=O)NC3C(C)NNC3C)nn2-c2ccccc2)cc1-c1ccccn1. The van der Waals surface area contributed by atoms with Gasteiger partial charge < -0.3 is 15.4 Å². The number of hydrogen-bond acceptors (Lipinski definition) is 7. The lowest BCUT2D eigenvalue weighted by molar-refractivity contribution is 0.0925. The third-order valence-corrected chi connectivity index (χ3v) is 6.89. The number of carbonyl (C=O) groups is 2. The Balaban J connectivity index is 1.48. The van der Waals surface area contributed by atoms with Crippen molar-refractivity contribution in [2.75, 3.05) is 12.4 Å². The van der Waals surface area contributed by atoms with Gasteiger partial charge in [0.05, 0.1) is 35.1 Å². The molecular formula is C28H28ClN7O3. The van der Waals surface area contributed by atoms with Crippen LogP contribution in [-0.2, 0) is 0 Å². The highest BCUT2D eigenvalue weighted by Gasteiger charge is 2.32. The van der Waals surface area contributed by atoms with Crippen LogP contribution in [0.1, 0.15) is 34.7 Å². The van der Waals surface area contributed by atoms with Gasteiger partial charge in [-0.25, -0.2) is 4.68 Å². The lowest BCUT2D eigenvalue weighted by Crippen LogP contribution is -2.46. The molecule has 5 rings (SSSR count). The summed E-state index contributed by atoms with van der Waals surface area (Å²) >= 11 is 6.50. The number of nitrogens with one attached hydrogen (secondary N) is 4. The number of aromatic nitrogens is 3. The van der Waals surface area contributed by atoms with Gasteiger partial charge in [0.25, 0.3) is 11.8 Å². The van der Waals surface area contributed by atoms with Crippen LogP contribution >= 0.6 is 11.6 Å². The van der Waals surface area contributed by atoms with Crippen LogP contribution in [0.4, 0.5) is 5.82 Å². The smallest absolute Gasteiger partial charge is 0.272 e. The Morgan fingerprint density at radius 2 is 1.69 bits per heavy atom. The molecule has 10 nitrogen and oxygen atoms in total. The minimum absolute atomic E-state index is 0.0323. The maximum Gasteiger partial charge on any atom is 0.272 e. The molecule has 2 amide bonds. The van der Waals surface area contributed by atoms with E-state index in [0.717, 1.165) is 0 Å². The molecule has 11 heteroatoms. The molecule has 4 aromatic rings. The molecule has 0 bridgehead atoms. The van der Waals surface area contributed by atoms with Gasteiger partial charge in [-0.3, -0.25) is 25.4 Å². The van der Waals surface area contributed by atoms with E-state index in [1.165, 1.54) is 11.8 Å². The van der Waals surface area contributed by atoms with Crippen molar-refractivity contribution in [1.29, 1.82) is 0 Å². The van der Waals surface area contributed by atoms with Gasteiger partial charge in [0.15, 0.2) is 5.69 Å². The van der Waals surface area contributed by atoms with Gasteiger partial charge >= 0.3 is 0 Å². The van der Waals surface area contributed by atoms with Crippen LogP contribution in [0, 0.1) is 0 Å². The van der Waals surface area contributed by atoms with E-state index in [4.69, 9.17) is 16.3 Å². The second kappa shape index (κ2) is 11.2. The molecule has 0 spiro atoms. The van der Waals surface area contributed by atoms with E-state index in [1.807, 2.05) is 56.3 Å². The molecule has 200 valence electrons. The van der Waals surface area contributed by atoms with Crippen LogP contribution in [0.2, 0.25) is 5.02 Å². The zero-order chi connectivity index (χ0) is 27.5. The highest BCUT2D eigenvalue weighted by Crippen LogP contribution is 2.34. The third-order valence-electron chi connectivity index (χ3n) is 6.57. The maximum absolute atomic E-state index is 13.5.